The SMILES string of the molecule is O=S(=O)(c1ccc(C(F)F)cc1)N1CC2(CCNCC2)c2ccccc21. The number of alkyl halides is 2. The van der Waals surface area contributed by atoms with Gasteiger partial charge in [-0.15, -0.1) is 0 Å². The molecule has 0 aromatic heterocycles. The highest BCUT2D eigenvalue weighted by Crippen LogP contribution is 2.47. The smallest absolute Gasteiger partial charge is 0.264 e. The van der Waals surface area contributed by atoms with Crippen LogP contribution in [-0.4, -0.2) is 28.1 Å². The Morgan fingerprint density at radius 1 is 1.00 bits per heavy atom. The summed E-state index contributed by atoms with van der Waals surface area (Å²) in [5.74, 6) is 0. The van der Waals surface area contributed by atoms with E-state index >= 15 is 0 Å². The molecule has 1 spiro atoms. The summed E-state index contributed by atoms with van der Waals surface area (Å²) in [5, 5.41) is 3.33. The van der Waals surface area contributed by atoms with Crippen LogP contribution in [0.4, 0.5) is 14.5 Å². The van der Waals surface area contributed by atoms with Gasteiger partial charge in [0.15, 0.2) is 0 Å². The Bertz CT molecular complexity index is 907. The first kappa shape index (κ1) is 17.4. The number of hydrogen-bond acceptors (Lipinski definition) is 3. The third-order valence-electron chi connectivity index (χ3n) is 5.47. The Labute approximate surface area is 151 Å². The maximum Gasteiger partial charge on any atom is 0.264 e. The molecule has 1 fully saturated rings. The van der Waals surface area contributed by atoms with Gasteiger partial charge in [0.1, 0.15) is 0 Å². The van der Waals surface area contributed by atoms with Crippen LogP contribution in [-0.2, 0) is 15.4 Å². The van der Waals surface area contributed by atoms with E-state index in [-0.39, 0.29) is 15.9 Å². The van der Waals surface area contributed by atoms with Crippen molar-refractivity contribution in [3.05, 3.63) is 59.7 Å². The van der Waals surface area contributed by atoms with Gasteiger partial charge < -0.3 is 5.32 Å². The maximum absolute atomic E-state index is 13.2. The Morgan fingerprint density at radius 3 is 2.31 bits per heavy atom. The van der Waals surface area contributed by atoms with E-state index in [0.717, 1.165) is 31.5 Å². The first-order chi connectivity index (χ1) is 12.4. The van der Waals surface area contributed by atoms with Crippen molar-refractivity contribution in [1.82, 2.24) is 5.32 Å². The minimum absolute atomic E-state index is 0.0442. The van der Waals surface area contributed by atoms with Crippen molar-refractivity contribution in [2.45, 2.75) is 29.6 Å². The van der Waals surface area contributed by atoms with Gasteiger partial charge in [0.2, 0.25) is 0 Å². The van der Waals surface area contributed by atoms with Gasteiger partial charge in [-0.2, -0.15) is 0 Å². The third kappa shape index (κ3) is 2.70. The predicted octanol–water partition coefficient (Wildman–Crippen LogP) is 3.45. The van der Waals surface area contributed by atoms with E-state index < -0.39 is 16.4 Å². The highest BCUT2D eigenvalue weighted by Gasteiger charge is 2.47. The van der Waals surface area contributed by atoms with Gasteiger partial charge in [0, 0.05) is 17.5 Å². The van der Waals surface area contributed by atoms with Crippen molar-refractivity contribution in [2.24, 2.45) is 0 Å². The number of hydrogen-bond donors (Lipinski definition) is 1. The summed E-state index contributed by atoms with van der Waals surface area (Å²) in [6, 6.07) is 12.5. The molecule has 7 heteroatoms. The van der Waals surface area contributed by atoms with Gasteiger partial charge in [-0.3, -0.25) is 4.31 Å². The molecule has 1 saturated heterocycles. The molecule has 2 aliphatic rings. The molecule has 138 valence electrons. The summed E-state index contributed by atoms with van der Waals surface area (Å²) in [5.41, 5.74) is 1.40. The molecule has 0 aliphatic carbocycles. The van der Waals surface area contributed by atoms with Crippen LogP contribution in [0.3, 0.4) is 0 Å². The Morgan fingerprint density at radius 2 is 1.65 bits per heavy atom. The number of halogens is 2. The molecule has 4 nitrogen and oxygen atoms in total. The van der Waals surface area contributed by atoms with Gasteiger partial charge >= 0.3 is 0 Å². The molecule has 2 aromatic carbocycles. The van der Waals surface area contributed by atoms with Crippen LogP contribution in [0, 0.1) is 0 Å². The van der Waals surface area contributed by atoms with Gasteiger partial charge in [-0.1, -0.05) is 30.3 Å². The second kappa shape index (κ2) is 6.32. The molecule has 0 atom stereocenters. The van der Waals surface area contributed by atoms with E-state index in [1.54, 1.807) is 0 Å². The molecule has 0 unspecified atom stereocenters. The summed E-state index contributed by atoms with van der Waals surface area (Å²) in [4.78, 5) is 0.0442. The molecular weight excluding hydrogens is 358 g/mol. The van der Waals surface area contributed by atoms with Crippen molar-refractivity contribution in [3.63, 3.8) is 0 Å². The maximum atomic E-state index is 13.2. The quantitative estimate of drug-likeness (QED) is 0.890. The van der Waals surface area contributed by atoms with Crippen LogP contribution in [0.5, 0.6) is 0 Å². The number of benzene rings is 2. The molecule has 1 N–H and O–H groups in total. The van der Waals surface area contributed by atoms with Gasteiger partial charge in [0.25, 0.3) is 16.4 Å². The van der Waals surface area contributed by atoms with Crippen LogP contribution < -0.4 is 9.62 Å². The second-order valence-corrected chi connectivity index (χ2v) is 8.79. The summed E-state index contributed by atoms with van der Waals surface area (Å²) >= 11 is 0. The van der Waals surface area contributed by atoms with Gasteiger partial charge in [-0.25, -0.2) is 17.2 Å². The van der Waals surface area contributed by atoms with E-state index in [0.29, 0.717) is 12.2 Å². The second-order valence-electron chi connectivity index (χ2n) is 6.93. The van der Waals surface area contributed by atoms with E-state index in [1.807, 2.05) is 24.3 Å². The fourth-order valence-corrected chi connectivity index (χ4v) is 5.61. The molecule has 4 rings (SSSR count). The lowest BCUT2D eigenvalue weighted by Crippen LogP contribution is -2.44. The predicted molar refractivity (Wildman–Crippen MR) is 96.2 cm³/mol. The molecule has 0 saturated carbocycles. The molecule has 0 amide bonds. The number of anilines is 1. The number of sulfonamides is 1. The molecular formula is C19H20F2N2O2S. The molecule has 0 radical (unpaired) electrons. The van der Waals surface area contributed by atoms with Crippen LogP contribution in [0.15, 0.2) is 53.4 Å². The van der Waals surface area contributed by atoms with E-state index in [4.69, 9.17) is 0 Å². The first-order valence-corrected chi connectivity index (χ1v) is 10.1. The number of nitrogens with one attached hydrogen (secondary N) is 1. The van der Waals surface area contributed by atoms with Crippen molar-refractivity contribution >= 4 is 15.7 Å². The lowest BCUT2D eigenvalue weighted by atomic mass is 9.75. The Hall–Kier alpha value is -1.99. The molecule has 26 heavy (non-hydrogen) atoms. The number of nitrogens with zero attached hydrogens (tertiary/aromatic N) is 1. The largest absolute Gasteiger partial charge is 0.317 e. The monoisotopic (exact) mass is 378 g/mol. The summed E-state index contributed by atoms with van der Waals surface area (Å²) in [6.07, 6.45) is -0.863. The normalized spacial score (nSPS) is 19.1. The van der Waals surface area contributed by atoms with Crippen molar-refractivity contribution in [3.8, 4) is 0 Å². The topological polar surface area (TPSA) is 49.4 Å². The molecule has 2 aromatic rings. The Kier molecular flexibility index (Phi) is 4.23. The number of fused-ring (bicyclic) bond motifs is 2. The minimum atomic E-state index is -3.80. The van der Waals surface area contributed by atoms with E-state index in [1.165, 1.54) is 28.6 Å². The molecule has 0 bridgehead atoms. The zero-order valence-electron chi connectivity index (χ0n) is 14.2. The van der Waals surface area contributed by atoms with E-state index in [9.17, 15) is 17.2 Å². The highest BCUT2D eigenvalue weighted by molar-refractivity contribution is 7.92. The number of rotatable bonds is 3. The van der Waals surface area contributed by atoms with E-state index in [2.05, 4.69) is 5.32 Å². The molecule has 2 aliphatic heterocycles. The van der Waals surface area contributed by atoms with Crippen molar-refractivity contribution in [2.75, 3.05) is 23.9 Å². The fourth-order valence-electron chi connectivity index (χ4n) is 4.04. The number of piperidine rings is 1. The number of para-hydroxylation sites is 1. The zero-order chi connectivity index (χ0) is 18.4. The minimum Gasteiger partial charge on any atom is -0.317 e. The standard InChI is InChI=1S/C19H20F2N2O2S/c20-18(21)14-5-7-15(8-6-14)26(24,25)23-13-19(9-11-22-12-10-19)16-3-1-2-4-17(16)23/h1-8,18,22H,9-13H2. The van der Waals surface area contributed by atoms with Gasteiger partial charge in [0.05, 0.1) is 10.6 Å². The third-order valence-corrected chi connectivity index (χ3v) is 7.25. The zero-order valence-corrected chi connectivity index (χ0v) is 15.0. The van der Waals surface area contributed by atoms with Gasteiger partial charge in [-0.05, 0) is 49.7 Å². The van der Waals surface area contributed by atoms with Crippen LogP contribution in [0.25, 0.3) is 0 Å². The van der Waals surface area contributed by atoms with Crippen LogP contribution in [0.1, 0.15) is 30.4 Å². The van der Waals surface area contributed by atoms with Crippen LogP contribution in [0.2, 0.25) is 0 Å². The summed E-state index contributed by atoms with van der Waals surface area (Å²) in [6.45, 7) is 2.10. The Balaban J connectivity index is 1.75. The van der Waals surface area contributed by atoms with Crippen molar-refractivity contribution < 1.29 is 17.2 Å². The summed E-state index contributed by atoms with van der Waals surface area (Å²) in [7, 11) is -3.80. The summed E-state index contributed by atoms with van der Waals surface area (Å²) < 4.78 is 53.4. The lowest BCUT2D eigenvalue weighted by Gasteiger charge is -2.34. The molecule has 2 heterocycles. The lowest BCUT2D eigenvalue weighted by molar-refractivity contribution is 0.151. The van der Waals surface area contributed by atoms with Crippen LogP contribution >= 0.6 is 0 Å². The highest BCUT2D eigenvalue weighted by atomic mass is 32.2. The first-order valence-electron chi connectivity index (χ1n) is 8.65. The average Bonchev–Trinajstić information content (AvgIpc) is 2.97. The van der Waals surface area contributed by atoms with Crippen molar-refractivity contribution in [1.29, 1.82) is 0 Å². The fraction of sp³-hybridized carbons (Fsp3) is 0.368. The average molecular weight is 378 g/mol.